The van der Waals surface area contributed by atoms with E-state index >= 15 is 0 Å². The van der Waals surface area contributed by atoms with Crippen molar-refractivity contribution >= 4 is 23.2 Å². The number of amides is 1. The number of nitrogens with two attached hydrogens (primary N) is 1. The summed E-state index contributed by atoms with van der Waals surface area (Å²) in [5.41, 5.74) is 6.47. The Bertz CT molecular complexity index is 512. The molecule has 2 unspecified atom stereocenters. The van der Waals surface area contributed by atoms with Crippen molar-refractivity contribution in [1.29, 1.82) is 0 Å². The third-order valence-corrected chi connectivity index (χ3v) is 4.22. The maximum Gasteiger partial charge on any atom is 0.331 e. The van der Waals surface area contributed by atoms with E-state index in [1.54, 1.807) is 12.1 Å². The first-order valence-electron chi connectivity index (χ1n) is 6.02. The van der Waals surface area contributed by atoms with Gasteiger partial charge in [0.05, 0.1) is 6.04 Å². The highest BCUT2D eigenvalue weighted by Gasteiger charge is 2.37. The van der Waals surface area contributed by atoms with E-state index < -0.39 is 18.1 Å². The predicted octanol–water partition coefficient (Wildman–Crippen LogP) is 1.16. The first-order valence-corrected chi connectivity index (χ1v) is 6.90. The Labute approximate surface area is 115 Å². The molecular weight excluding hydrogens is 264 g/mol. The fourth-order valence-electron chi connectivity index (χ4n) is 2.31. The molecule has 2 atom stereocenters. The lowest BCUT2D eigenvalue weighted by Gasteiger charge is -2.34. The second-order valence-electron chi connectivity index (χ2n) is 4.45. The van der Waals surface area contributed by atoms with Crippen LogP contribution in [0.2, 0.25) is 0 Å². The second-order valence-corrected chi connectivity index (χ2v) is 5.45. The van der Waals surface area contributed by atoms with Crippen LogP contribution >= 0.6 is 11.3 Å². The van der Waals surface area contributed by atoms with Gasteiger partial charge >= 0.3 is 5.97 Å². The highest BCUT2D eigenvalue weighted by molar-refractivity contribution is 7.10. The van der Waals surface area contributed by atoms with Crippen LogP contribution in [0.15, 0.2) is 24.1 Å². The van der Waals surface area contributed by atoms with Crippen LogP contribution in [0, 0.1) is 0 Å². The van der Waals surface area contributed by atoms with E-state index in [2.05, 4.69) is 6.58 Å². The molecule has 1 aromatic heterocycles. The summed E-state index contributed by atoms with van der Waals surface area (Å²) in [6.07, 6.45) is 2.60. The van der Waals surface area contributed by atoms with Crippen LogP contribution in [0.1, 0.15) is 22.9 Å². The number of carboxylic acids is 1. The van der Waals surface area contributed by atoms with Crippen molar-refractivity contribution in [2.24, 2.45) is 5.73 Å². The van der Waals surface area contributed by atoms with Crippen LogP contribution in [0.3, 0.4) is 0 Å². The lowest BCUT2D eigenvalue weighted by molar-refractivity contribution is -0.151. The fraction of sp³-hybridized carbons (Fsp3) is 0.385. The number of fused-ring (bicyclic) bond motifs is 1. The summed E-state index contributed by atoms with van der Waals surface area (Å²) in [6.45, 7) is 3.94. The molecule has 2 heterocycles. The number of hydrogen-bond donors (Lipinski definition) is 2. The third kappa shape index (κ3) is 2.54. The zero-order valence-corrected chi connectivity index (χ0v) is 11.2. The summed E-state index contributed by atoms with van der Waals surface area (Å²) in [6, 6.07) is 0.134. The van der Waals surface area contributed by atoms with Crippen molar-refractivity contribution in [3.63, 3.8) is 0 Å². The molecule has 1 aliphatic heterocycles. The fourth-order valence-corrected chi connectivity index (χ4v) is 3.22. The largest absolute Gasteiger partial charge is 0.479 e. The van der Waals surface area contributed by atoms with Crippen LogP contribution in [0.5, 0.6) is 0 Å². The lowest BCUT2D eigenvalue weighted by atomic mass is 9.98. The molecule has 0 fully saturated rings. The van der Waals surface area contributed by atoms with Crippen LogP contribution in [0.4, 0.5) is 0 Å². The third-order valence-electron chi connectivity index (χ3n) is 3.22. The number of thiophene rings is 1. The SMILES string of the molecule is C=CCC(N)C(=O)N1CCc2sccc2C1C(=O)O. The van der Waals surface area contributed by atoms with E-state index in [9.17, 15) is 14.7 Å². The van der Waals surface area contributed by atoms with Crippen molar-refractivity contribution in [3.05, 3.63) is 34.5 Å². The van der Waals surface area contributed by atoms with Crippen LogP contribution in [-0.4, -0.2) is 34.5 Å². The summed E-state index contributed by atoms with van der Waals surface area (Å²) in [4.78, 5) is 26.1. The minimum absolute atomic E-state index is 0.329. The summed E-state index contributed by atoms with van der Waals surface area (Å²) < 4.78 is 0. The van der Waals surface area contributed by atoms with Crippen LogP contribution < -0.4 is 5.73 Å². The van der Waals surface area contributed by atoms with Gasteiger partial charge in [0.25, 0.3) is 0 Å². The van der Waals surface area contributed by atoms with Gasteiger partial charge in [-0.3, -0.25) is 4.79 Å². The minimum atomic E-state index is -1.02. The molecule has 0 spiro atoms. The molecule has 0 saturated heterocycles. The predicted molar refractivity (Wildman–Crippen MR) is 72.9 cm³/mol. The summed E-state index contributed by atoms with van der Waals surface area (Å²) in [7, 11) is 0. The Morgan fingerprint density at radius 2 is 2.42 bits per heavy atom. The number of carboxylic acid groups (broad SMARTS) is 1. The molecule has 1 aromatic rings. The molecule has 102 valence electrons. The molecule has 0 saturated carbocycles. The monoisotopic (exact) mass is 280 g/mol. The molecule has 0 radical (unpaired) electrons. The zero-order valence-electron chi connectivity index (χ0n) is 10.4. The van der Waals surface area contributed by atoms with E-state index in [4.69, 9.17) is 5.73 Å². The van der Waals surface area contributed by atoms with Gasteiger partial charge in [-0.15, -0.1) is 17.9 Å². The number of nitrogens with zero attached hydrogens (tertiary/aromatic N) is 1. The zero-order chi connectivity index (χ0) is 14.0. The van der Waals surface area contributed by atoms with Gasteiger partial charge in [-0.2, -0.15) is 0 Å². The van der Waals surface area contributed by atoms with E-state index in [1.807, 2.05) is 5.38 Å². The Morgan fingerprint density at radius 1 is 1.68 bits per heavy atom. The molecule has 0 aliphatic carbocycles. The first kappa shape index (κ1) is 13.8. The van der Waals surface area contributed by atoms with E-state index in [0.29, 0.717) is 24.9 Å². The van der Waals surface area contributed by atoms with Gasteiger partial charge in [0, 0.05) is 11.4 Å². The molecule has 1 aliphatic rings. The van der Waals surface area contributed by atoms with E-state index in [-0.39, 0.29) is 5.91 Å². The molecule has 19 heavy (non-hydrogen) atoms. The number of aliphatic carboxylic acids is 1. The standard InChI is InChI=1S/C13H16N2O3S/c1-2-3-9(14)12(16)15-6-4-10-8(5-7-19-10)11(15)13(17)18/h2,5,7,9,11H,1,3-4,6,14H2,(H,17,18). The van der Waals surface area contributed by atoms with Crippen molar-refractivity contribution < 1.29 is 14.7 Å². The van der Waals surface area contributed by atoms with Gasteiger partial charge < -0.3 is 15.7 Å². The normalized spacial score (nSPS) is 19.6. The topological polar surface area (TPSA) is 83.6 Å². The van der Waals surface area contributed by atoms with Gasteiger partial charge in [-0.05, 0) is 29.9 Å². The van der Waals surface area contributed by atoms with E-state index in [1.165, 1.54) is 16.2 Å². The van der Waals surface area contributed by atoms with Crippen molar-refractivity contribution in [1.82, 2.24) is 4.90 Å². The molecule has 6 heteroatoms. The average molecular weight is 280 g/mol. The number of carbonyl (C=O) groups is 2. The van der Waals surface area contributed by atoms with Gasteiger partial charge in [0.15, 0.2) is 6.04 Å². The van der Waals surface area contributed by atoms with Gasteiger partial charge in [-0.25, -0.2) is 4.79 Å². The Hall–Kier alpha value is -1.66. The van der Waals surface area contributed by atoms with Crippen molar-refractivity contribution in [3.8, 4) is 0 Å². The molecule has 2 rings (SSSR count). The molecule has 0 aromatic carbocycles. The van der Waals surface area contributed by atoms with Crippen LogP contribution in [0.25, 0.3) is 0 Å². The molecule has 0 bridgehead atoms. The second kappa shape index (κ2) is 5.54. The molecule has 5 nitrogen and oxygen atoms in total. The molecule has 1 amide bonds. The summed E-state index contributed by atoms with van der Waals surface area (Å²) in [5.74, 6) is -1.34. The highest BCUT2D eigenvalue weighted by atomic mass is 32.1. The van der Waals surface area contributed by atoms with Crippen molar-refractivity contribution in [2.75, 3.05) is 6.54 Å². The quantitative estimate of drug-likeness (QED) is 0.811. The molecule has 3 N–H and O–H groups in total. The Kier molecular flexibility index (Phi) is 4.01. The van der Waals surface area contributed by atoms with Gasteiger partial charge in [0.1, 0.15) is 0 Å². The maximum absolute atomic E-state index is 12.2. The van der Waals surface area contributed by atoms with Crippen molar-refractivity contribution in [2.45, 2.75) is 24.9 Å². The van der Waals surface area contributed by atoms with E-state index in [0.717, 1.165) is 4.88 Å². The van der Waals surface area contributed by atoms with Crippen LogP contribution in [-0.2, 0) is 16.0 Å². The maximum atomic E-state index is 12.2. The first-order chi connectivity index (χ1) is 9.06. The van der Waals surface area contributed by atoms with Gasteiger partial charge in [0.2, 0.25) is 5.91 Å². The lowest BCUT2D eigenvalue weighted by Crippen LogP contribution is -2.49. The molecular formula is C13H16N2O3S. The smallest absolute Gasteiger partial charge is 0.331 e. The summed E-state index contributed by atoms with van der Waals surface area (Å²) in [5, 5.41) is 11.2. The minimum Gasteiger partial charge on any atom is -0.479 e. The average Bonchev–Trinajstić information content (AvgIpc) is 2.84. The Balaban J connectivity index is 2.29. The number of rotatable bonds is 4. The number of hydrogen-bond acceptors (Lipinski definition) is 4. The summed E-state index contributed by atoms with van der Waals surface area (Å²) >= 11 is 1.53. The Morgan fingerprint density at radius 3 is 3.05 bits per heavy atom. The number of carbonyl (C=O) groups excluding carboxylic acids is 1. The highest BCUT2D eigenvalue weighted by Crippen LogP contribution is 2.33. The van der Waals surface area contributed by atoms with Gasteiger partial charge in [-0.1, -0.05) is 6.08 Å².